The number of nitriles is 1. The lowest BCUT2D eigenvalue weighted by atomic mass is 9.98. The van der Waals surface area contributed by atoms with E-state index in [1.165, 1.54) is 0 Å². The molecule has 104 valence electrons. The fraction of sp³-hybridized carbons (Fsp3) is 0.125. The van der Waals surface area contributed by atoms with Crippen molar-refractivity contribution >= 4 is 17.5 Å². The Balaban J connectivity index is 2.20. The Bertz CT molecular complexity index is 778. The molecule has 0 spiro atoms. The third kappa shape index (κ3) is 2.34. The highest BCUT2D eigenvalue weighted by Crippen LogP contribution is 2.39. The van der Waals surface area contributed by atoms with Gasteiger partial charge in [-0.1, -0.05) is 17.8 Å². The Hall–Kier alpha value is -2.45. The molecule has 0 atom stereocenters. The van der Waals surface area contributed by atoms with Crippen LogP contribution in [0, 0.1) is 11.3 Å². The van der Waals surface area contributed by atoms with Gasteiger partial charge in [-0.05, 0) is 35.9 Å². The van der Waals surface area contributed by atoms with Crippen LogP contribution in [0.4, 0.5) is 0 Å². The Morgan fingerprint density at radius 3 is 2.86 bits per heavy atom. The second kappa shape index (κ2) is 5.51. The van der Waals surface area contributed by atoms with Gasteiger partial charge < -0.3 is 10.6 Å². The smallest absolute Gasteiger partial charge is 0.119 e. The molecular formula is C16H13N3OS. The van der Waals surface area contributed by atoms with Crippen molar-refractivity contribution in [1.29, 1.82) is 5.26 Å². The lowest BCUT2D eigenvalue weighted by molar-refractivity contribution is 0.414. The summed E-state index contributed by atoms with van der Waals surface area (Å²) in [5, 5.41) is 13.2. The van der Waals surface area contributed by atoms with Gasteiger partial charge >= 0.3 is 0 Å². The van der Waals surface area contributed by atoms with Crippen LogP contribution in [0.3, 0.4) is 0 Å². The summed E-state index contributed by atoms with van der Waals surface area (Å²) in [6.45, 7) is 0. The first kappa shape index (κ1) is 13.5. The number of hydrogen-bond donors (Lipinski definition) is 1. The molecule has 0 amide bonds. The summed E-state index contributed by atoms with van der Waals surface area (Å²) in [5.74, 6) is 6.35. The zero-order valence-corrected chi connectivity index (χ0v) is 12.3. The molecule has 0 saturated heterocycles. The average Bonchev–Trinajstić information content (AvgIpc) is 2.69. The van der Waals surface area contributed by atoms with Gasteiger partial charge in [0.15, 0.2) is 0 Å². The van der Waals surface area contributed by atoms with Gasteiger partial charge in [0.1, 0.15) is 5.75 Å². The van der Waals surface area contributed by atoms with Crippen LogP contribution in [0.5, 0.6) is 5.75 Å². The molecule has 2 aromatic rings. The Labute approximate surface area is 127 Å². The summed E-state index contributed by atoms with van der Waals surface area (Å²) in [7, 11) is 1.63. The molecule has 0 aliphatic carbocycles. The highest BCUT2D eigenvalue weighted by molar-refractivity contribution is 7.99. The number of fused-ring (bicyclic) bond motifs is 2. The predicted octanol–water partition coefficient (Wildman–Crippen LogP) is 2.94. The zero-order valence-electron chi connectivity index (χ0n) is 11.5. The van der Waals surface area contributed by atoms with Crippen LogP contribution in [0.15, 0.2) is 51.3 Å². The summed E-state index contributed by atoms with van der Waals surface area (Å²) >= 11 is 1.63. The maximum Gasteiger partial charge on any atom is 0.119 e. The van der Waals surface area contributed by atoms with Crippen LogP contribution < -0.4 is 10.6 Å². The van der Waals surface area contributed by atoms with Crippen molar-refractivity contribution in [3.8, 4) is 11.8 Å². The number of rotatable bonds is 1. The van der Waals surface area contributed by atoms with Crippen molar-refractivity contribution in [1.82, 2.24) is 0 Å². The molecule has 21 heavy (non-hydrogen) atoms. The van der Waals surface area contributed by atoms with Crippen LogP contribution in [0.25, 0.3) is 0 Å². The number of hydrazone groups is 1. The van der Waals surface area contributed by atoms with Crippen molar-refractivity contribution in [2.24, 2.45) is 10.9 Å². The Morgan fingerprint density at radius 2 is 2.14 bits per heavy atom. The second-order valence-electron chi connectivity index (χ2n) is 4.61. The van der Waals surface area contributed by atoms with E-state index >= 15 is 0 Å². The molecule has 0 fully saturated rings. The van der Waals surface area contributed by atoms with Crippen molar-refractivity contribution in [3.05, 3.63) is 53.1 Å². The van der Waals surface area contributed by atoms with Crippen molar-refractivity contribution in [2.45, 2.75) is 16.2 Å². The van der Waals surface area contributed by atoms with Gasteiger partial charge in [-0.25, -0.2) is 0 Å². The monoisotopic (exact) mass is 295 g/mol. The van der Waals surface area contributed by atoms with Crippen molar-refractivity contribution in [2.75, 3.05) is 7.11 Å². The fourth-order valence-electron chi connectivity index (χ4n) is 2.40. The number of nitrogens with zero attached hydrogens (tertiary/aromatic N) is 2. The van der Waals surface area contributed by atoms with E-state index in [1.807, 2.05) is 36.4 Å². The molecular weight excluding hydrogens is 282 g/mol. The van der Waals surface area contributed by atoms with Gasteiger partial charge in [-0.2, -0.15) is 10.4 Å². The van der Waals surface area contributed by atoms with E-state index in [2.05, 4.69) is 11.2 Å². The SMILES string of the molecule is COc1ccc2c(c1)/C(=N/N)Cc1c(C#N)cccc1S2. The van der Waals surface area contributed by atoms with E-state index in [4.69, 9.17) is 10.6 Å². The maximum atomic E-state index is 9.29. The first-order chi connectivity index (χ1) is 10.3. The minimum atomic E-state index is 0.544. The van der Waals surface area contributed by atoms with Gasteiger partial charge in [0.05, 0.1) is 24.5 Å². The quantitative estimate of drug-likeness (QED) is 0.648. The van der Waals surface area contributed by atoms with Crippen molar-refractivity contribution < 1.29 is 4.74 Å². The van der Waals surface area contributed by atoms with Crippen LogP contribution in [-0.2, 0) is 6.42 Å². The summed E-state index contributed by atoms with van der Waals surface area (Å²) in [6.07, 6.45) is 0.544. The van der Waals surface area contributed by atoms with Gasteiger partial charge in [-0.3, -0.25) is 0 Å². The van der Waals surface area contributed by atoms with Crippen LogP contribution in [-0.4, -0.2) is 12.8 Å². The Morgan fingerprint density at radius 1 is 1.29 bits per heavy atom. The van der Waals surface area contributed by atoms with E-state index in [0.29, 0.717) is 12.0 Å². The van der Waals surface area contributed by atoms with Crippen LogP contribution in [0.1, 0.15) is 16.7 Å². The lowest BCUT2D eigenvalue weighted by Crippen LogP contribution is -2.09. The number of hydrogen-bond acceptors (Lipinski definition) is 5. The van der Waals surface area contributed by atoms with E-state index < -0.39 is 0 Å². The fourth-order valence-corrected chi connectivity index (χ4v) is 3.51. The van der Waals surface area contributed by atoms with Crippen molar-refractivity contribution in [3.63, 3.8) is 0 Å². The standard InChI is InChI=1S/C16H13N3OS/c1-20-11-5-6-16-13(7-11)14(19-18)8-12-10(9-17)3-2-4-15(12)21-16/h2-7H,8,18H2,1H3/b19-14+. The molecule has 3 rings (SSSR count). The van der Waals surface area contributed by atoms with Gasteiger partial charge in [0.25, 0.3) is 0 Å². The van der Waals surface area contributed by atoms with E-state index in [0.717, 1.165) is 32.4 Å². The summed E-state index contributed by atoms with van der Waals surface area (Å²) in [4.78, 5) is 2.13. The number of methoxy groups -OCH3 is 1. The van der Waals surface area contributed by atoms with E-state index in [1.54, 1.807) is 18.9 Å². The van der Waals surface area contributed by atoms with E-state index in [-0.39, 0.29) is 0 Å². The topological polar surface area (TPSA) is 71.4 Å². The van der Waals surface area contributed by atoms with Gasteiger partial charge in [-0.15, -0.1) is 0 Å². The molecule has 2 aromatic carbocycles. The minimum Gasteiger partial charge on any atom is -0.497 e. The van der Waals surface area contributed by atoms with Crippen LogP contribution in [0.2, 0.25) is 0 Å². The average molecular weight is 295 g/mol. The normalized spacial score (nSPS) is 14.8. The highest BCUT2D eigenvalue weighted by Gasteiger charge is 2.21. The molecule has 0 radical (unpaired) electrons. The predicted molar refractivity (Wildman–Crippen MR) is 82.7 cm³/mol. The number of benzene rings is 2. The lowest BCUT2D eigenvalue weighted by Gasteiger charge is -2.08. The highest BCUT2D eigenvalue weighted by atomic mass is 32.2. The van der Waals surface area contributed by atoms with Gasteiger partial charge in [0, 0.05) is 21.8 Å². The molecule has 0 unspecified atom stereocenters. The van der Waals surface area contributed by atoms with Gasteiger partial charge in [0.2, 0.25) is 0 Å². The van der Waals surface area contributed by atoms with Crippen LogP contribution >= 0.6 is 11.8 Å². The molecule has 4 nitrogen and oxygen atoms in total. The third-order valence-corrected chi connectivity index (χ3v) is 4.65. The molecule has 5 heteroatoms. The first-order valence-electron chi connectivity index (χ1n) is 6.42. The second-order valence-corrected chi connectivity index (χ2v) is 5.69. The maximum absolute atomic E-state index is 9.29. The molecule has 0 saturated carbocycles. The summed E-state index contributed by atoms with van der Waals surface area (Å²) in [6, 6.07) is 13.8. The zero-order chi connectivity index (χ0) is 14.8. The number of nitrogens with two attached hydrogens (primary N) is 1. The molecule has 1 aliphatic heterocycles. The molecule has 0 aromatic heterocycles. The summed E-state index contributed by atoms with van der Waals surface area (Å²) < 4.78 is 5.28. The Kier molecular flexibility index (Phi) is 3.55. The molecule has 2 N–H and O–H groups in total. The molecule has 1 aliphatic rings. The molecule has 0 bridgehead atoms. The number of ether oxygens (including phenoxy) is 1. The first-order valence-corrected chi connectivity index (χ1v) is 7.23. The largest absolute Gasteiger partial charge is 0.497 e. The minimum absolute atomic E-state index is 0.544. The molecule has 1 heterocycles. The third-order valence-electron chi connectivity index (χ3n) is 3.47. The summed E-state index contributed by atoms with van der Waals surface area (Å²) in [5.41, 5.74) is 3.37. The van der Waals surface area contributed by atoms with E-state index in [9.17, 15) is 5.26 Å².